The third-order valence-electron chi connectivity index (χ3n) is 5.15. The summed E-state index contributed by atoms with van der Waals surface area (Å²) in [5.74, 6) is 0.973. The fourth-order valence-corrected chi connectivity index (χ4v) is 3.76. The molecule has 0 unspecified atom stereocenters. The zero-order valence-corrected chi connectivity index (χ0v) is 19.1. The molecule has 0 saturated carbocycles. The van der Waals surface area contributed by atoms with Gasteiger partial charge in [-0.15, -0.1) is 24.8 Å². The molecule has 0 aliphatic carbocycles. The highest BCUT2D eigenvalue weighted by molar-refractivity contribution is 6.21. The van der Waals surface area contributed by atoms with E-state index < -0.39 is 0 Å². The minimum atomic E-state index is -0.308. The quantitative estimate of drug-likeness (QED) is 0.258. The summed E-state index contributed by atoms with van der Waals surface area (Å²) in [7, 11) is 0. The van der Waals surface area contributed by atoms with Gasteiger partial charge in [0, 0.05) is 24.2 Å². The second-order valence-corrected chi connectivity index (χ2v) is 7.12. The van der Waals surface area contributed by atoms with Crippen molar-refractivity contribution in [3.05, 3.63) is 59.4 Å². The summed E-state index contributed by atoms with van der Waals surface area (Å²) in [6, 6.07) is 12.7. The highest BCUT2D eigenvalue weighted by atomic mass is 35.5. The molecule has 4 N–H and O–H groups in total. The lowest BCUT2D eigenvalue weighted by Gasteiger charge is -2.12. The van der Waals surface area contributed by atoms with E-state index in [0.29, 0.717) is 11.9 Å². The summed E-state index contributed by atoms with van der Waals surface area (Å²) in [6.45, 7) is 3.04. The van der Waals surface area contributed by atoms with E-state index in [9.17, 15) is 4.39 Å². The molecule has 2 aliphatic rings. The first-order valence-corrected chi connectivity index (χ1v) is 10.1. The number of hydrazone groups is 2. The van der Waals surface area contributed by atoms with Gasteiger partial charge in [-0.05, 0) is 33.7 Å². The third-order valence-corrected chi connectivity index (χ3v) is 5.15. The molecule has 5 rings (SSSR count). The Labute approximate surface area is 202 Å². The summed E-state index contributed by atoms with van der Waals surface area (Å²) in [5.41, 5.74) is 7.56. The molecule has 0 saturated heterocycles. The lowest BCUT2D eigenvalue weighted by Crippen LogP contribution is -2.30. The normalized spacial score (nSPS) is 15.1. The van der Waals surface area contributed by atoms with Gasteiger partial charge in [-0.25, -0.2) is 25.2 Å². The first-order valence-electron chi connectivity index (χ1n) is 10.1. The van der Waals surface area contributed by atoms with E-state index in [-0.39, 0.29) is 30.6 Å². The molecule has 33 heavy (non-hydrogen) atoms. The molecule has 8 nitrogen and oxygen atoms in total. The number of aliphatic imine (C=N–C) groups is 2. The van der Waals surface area contributed by atoms with Crippen LogP contribution >= 0.6 is 24.8 Å². The molecule has 0 bridgehead atoms. The molecule has 0 radical (unpaired) electrons. The predicted molar refractivity (Wildman–Crippen MR) is 138 cm³/mol. The standard InChI is InChI=1S/C22H21FN8.2ClH/c23-14-5-6-17-18(11-14)20(13-29-31-22-26-9-10-27-22)16-4-2-1-3-15(16)19(17)12-28-30-21-24-7-8-25-21;;/h1-6,11-13H,7-10H2,(H2,24,25,30)(H2,26,27,31);2*1H/b28-12+,29-13+;;. The zero-order valence-electron chi connectivity index (χ0n) is 17.5. The van der Waals surface area contributed by atoms with Crippen molar-refractivity contribution in [2.24, 2.45) is 20.2 Å². The molecule has 0 spiro atoms. The summed E-state index contributed by atoms with van der Waals surface area (Å²) in [5, 5.41) is 18.5. The molecule has 11 heteroatoms. The molecule has 3 aromatic rings. The number of fused-ring (bicyclic) bond motifs is 2. The minimum Gasteiger partial charge on any atom is -0.353 e. The van der Waals surface area contributed by atoms with Crippen molar-refractivity contribution in [1.82, 2.24) is 21.5 Å². The Morgan fingerprint density at radius 1 is 0.758 bits per heavy atom. The van der Waals surface area contributed by atoms with Crippen molar-refractivity contribution >= 4 is 70.7 Å². The molecule has 2 aliphatic heterocycles. The highest BCUT2D eigenvalue weighted by Gasteiger charge is 2.13. The maximum atomic E-state index is 14.2. The lowest BCUT2D eigenvalue weighted by molar-refractivity contribution is 0.630. The molecular formula is C22H23Cl2FN8. The Morgan fingerprint density at radius 3 is 1.79 bits per heavy atom. The van der Waals surface area contributed by atoms with Crippen LogP contribution in [0.2, 0.25) is 0 Å². The van der Waals surface area contributed by atoms with Crippen LogP contribution in [-0.2, 0) is 0 Å². The Hall–Kier alpha value is -3.43. The molecule has 0 atom stereocenters. The number of nitrogens with one attached hydrogen (secondary N) is 4. The molecule has 0 fully saturated rings. The Bertz CT molecular complexity index is 1270. The van der Waals surface area contributed by atoms with Crippen LogP contribution in [0.25, 0.3) is 21.5 Å². The number of guanidine groups is 2. The van der Waals surface area contributed by atoms with Crippen LogP contribution in [0.3, 0.4) is 0 Å². The van der Waals surface area contributed by atoms with Gasteiger partial charge in [0.05, 0.1) is 25.5 Å². The largest absolute Gasteiger partial charge is 0.353 e. The van der Waals surface area contributed by atoms with E-state index in [2.05, 4.69) is 41.7 Å². The van der Waals surface area contributed by atoms with Crippen LogP contribution in [0.4, 0.5) is 4.39 Å². The van der Waals surface area contributed by atoms with E-state index >= 15 is 0 Å². The second-order valence-electron chi connectivity index (χ2n) is 7.12. The smallest absolute Gasteiger partial charge is 0.212 e. The van der Waals surface area contributed by atoms with Gasteiger partial charge in [-0.1, -0.05) is 30.3 Å². The Kier molecular flexibility index (Phi) is 8.02. The topological polar surface area (TPSA) is 97.6 Å². The average Bonchev–Trinajstić information content (AvgIpc) is 3.49. The van der Waals surface area contributed by atoms with Crippen LogP contribution in [0.5, 0.6) is 0 Å². The van der Waals surface area contributed by atoms with Crippen molar-refractivity contribution in [2.75, 3.05) is 26.2 Å². The van der Waals surface area contributed by atoms with Crippen molar-refractivity contribution in [1.29, 1.82) is 0 Å². The maximum Gasteiger partial charge on any atom is 0.212 e. The molecule has 0 amide bonds. The highest BCUT2D eigenvalue weighted by Crippen LogP contribution is 2.31. The number of hydrogen-bond donors (Lipinski definition) is 4. The van der Waals surface area contributed by atoms with E-state index in [1.54, 1.807) is 18.5 Å². The van der Waals surface area contributed by atoms with Crippen molar-refractivity contribution in [2.45, 2.75) is 0 Å². The molecule has 172 valence electrons. The van der Waals surface area contributed by atoms with Gasteiger partial charge in [-0.3, -0.25) is 0 Å². The molecule has 2 heterocycles. The van der Waals surface area contributed by atoms with Gasteiger partial charge < -0.3 is 10.6 Å². The van der Waals surface area contributed by atoms with Crippen LogP contribution in [0.15, 0.2) is 62.7 Å². The predicted octanol–water partition coefficient (Wildman–Crippen LogP) is 2.74. The first-order chi connectivity index (χ1) is 15.3. The Balaban J connectivity index is 0.00000153. The lowest BCUT2D eigenvalue weighted by atomic mass is 9.92. The zero-order chi connectivity index (χ0) is 21.0. The average molecular weight is 489 g/mol. The summed E-state index contributed by atoms with van der Waals surface area (Å²) >= 11 is 0. The van der Waals surface area contributed by atoms with Gasteiger partial charge in [0.2, 0.25) is 11.9 Å². The SMILES string of the molecule is Cl.Cl.Fc1ccc2c(/C=N/NC3=NCCN3)c3ccccc3c(/C=N/NC3=NCCN3)c2c1. The Morgan fingerprint density at radius 2 is 1.27 bits per heavy atom. The van der Waals surface area contributed by atoms with Gasteiger partial charge >= 0.3 is 0 Å². The van der Waals surface area contributed by atoms with Crippen molar-refractivity contribution in [3.63, 3.8) is 0 Å². The molecule has 0 aromatic heterocycles. The minimum absolute atomic E-state index is 0. The van der Waals surface area contributed by atoms with E-state index in [1.807, 2.05) is 24.3 Å². The number of benzene rings is 3. The number of halogens is 3. The molecular weight excluding hydrogens is 466 g/mol. The van der Waals surface area contributed by atoms with Gasteiger partial charge in [-0.2, -0.15) is 10.2 Å². The summed E-state index contributed by atoms with van der Waals surface area (Å²) in [4.78, 5) is 8.54. The van der Waals surface area contributed by atoms with Crippen LogP contribution in [0.1, 0.15) is 11.1 Å². The van der Waals surface area contributed by atoms with Gasteiger partial charge in [0.25, 0.3) is 0 Å². The maximum absolute atomic E-state index is 14.2. The fraction of sp³-hybridized carbons (Fsp3) is 0.182. The van der Waals surface area contributed by atoms with E-state index in [0.717, 1.165) is 58.9 Å². The monoisotopic (exact) mass is 488 g/mol. The van der Waals surface area contributed by atoms with Crippen LogP contribution in [0, 0.1) is 5.82 Å². The van der Waals surface area contributed by atoms with Crippen LogP contribution < -0.4 is 21.5 Å². The number of nitrogens with zero attached hydrogens (tertiary/aromatic N) is 4. The van der Waals surface area contributed by atoms with Gasteiger partial charge in [0.1, 0.15) is 5.82 Å². The number of rotatable bonds is 4. The summed E-state index contributed by atoms with van der Waals surface area (Å²) < 4.78 is 14.2. The van der Waals surface area contributed by atoms with E-state index in [4.69, 9.17) is 0 Å². The van der Waals surface area contributed by atoms with Crippen molar-refractivity contribution < 1.29 is 4.39 Å². The van der Waals surface area contributed by atoms with Gasteiger partial charge in [0.15, 0.2) is 0 Å². The van der Waals surface area contributed by atoms with Crippen molar-refractivity contribution in [3.8, 4) is 0 Å². The fourth-order valence-electron chi connectivity index (χ4n) is 3.76. The van der Waals surface area contributed by atoms with E-state index in [1.165, 1.54) is 12.1 Å². The summed E-state index contributed by atoms with van der Waals surface area (Å²) in [6.07, 6.45) is 3.46. The second kappa shape index (κ2) is 10.9. The number of hydrogen-bond acceptors (Lipinski definition) is 8. The third kappa shape index (κ3) is 5.15. The van der Waals surface area contributed by atoms with Crippen LogP contribution in [-0.4, -0.2) is 50.5 Å². The molecule has 3 aromatic carbocycles. The first kappa shape index (κ1) is 24.2.